The van der Waals surface area contributed by atoms with Crippen molar-refractivity contribution in [2.45, 2.75) is 25.3 Å². The fourth-order valence-electron chi connectivity index (χ4n) is 3.12. The lowest BCUT2D eigenvalue weighted by Crippen LogP contribution is -2.24. The molecule has 5 rings (SSSR count). The molecule has 4 aromatic rings. The van der Waals surface area contributed by atoms with E-state index < -0.39 is 0 Å². The van der Waals surface area contributed by atoms with Gasteiger partial charge in [0.2, 0.25) is 11.3 Å². The minimum Gasteiger partial charge on any atom is -0.309 e. The summed E-state index contributed by atoms with van der Waals surface area (Å²) in [6.07, 6.45) is 6.55. The molecule has 0 unspecified atom stereocenters. The molecule has 1 aromatic carbocycles. The van der Waals surface area contributed by atoms with Crippen molar-refractivity contribution in [2.75, 3.05) is 5.32 Å². The predicted octanol–water partition coefficient (Wildman–Crippen LogP) is 2.11. The summed E-state index contributed by atoms with van der Waals surface area (Å²) in [4.78, 5) is 29.5. The Balaban J connectivity index is 1.47. The maximum Gasteiger partial charge on any atom is 0.231 e. The Morgan fingerprint density at radius 1 is 1.32 bits per heavy atom. The van der Waals surface area contributed by atoms with Crippen LogP contribution in [0.1, 0.15) is 24.6 Å². The molecule has 28 heavy (non-hydrogen) atoms. The Morgan fingerprint density at radius 2 is 2.18 bits per heavy atom. The van der Waals surface area contributed by atoms with Crippen LogP contribution < -0.4 is 10.7 Å². The Morgan fingerprint density at radius 3 is 3.00 bits per heavy atom. The SMILES string of the molecule is O=C(Cc1nn(C2CC2)c2cc(Br)ccc2c1=O)Nc1cn2cnnc2cn1. The molecule has 0 radical (unpaired) electrons. The van der Waals surface area contributed by atoms with E-state index in [1.807, 2.05) is 16.8 Å². The molecule has 0 atom stereocenters. The van der Waals surface area contributed by atoms with Gasteiger partial charge in [-0.15, -0.1) is 10.2 Å². The maximum atomic E-state index is 12.9. The summed E-state index contributed by atoms with van der Waals surface area (Å²) in [7, 11) is 0. The highest BCUT2D eigenvalue weighted by molar-refractivity contribution is 9.10. The smallest absolute Gasteiger partial charge is 0.231 e. The van der Waals surface area contributed by atoms with Crippen molar-refractivity contribution >= 4 is 44.2 Å². The zero-order chi connectivity index (χ0) is 19.3. The number of aromatic nitrogens is 6. The van der Waals surface area contributed by atoms with E-state index in [1.54, 1.807) is 16.7 Å². The van der Waals surface area contributed by atoms with Crippen LogP contribution in [-0.2, 0) is 11.2 Å². The van der Waals surface area contributed by atoms with Gasteiger partial charge in [0, 0.05) is 9.86 Å². The van der Waals surface area contributed by atoms with Gasteiger partial charge < -0.3 is 5.32 Å². The number of hydrogen-bond donors (Lipinski definition) is 1. The lowest BCUT2D eigenvalue weighted by molar-refractivity contribution is -0.115. The second kappa shape index (κ2) is 6.48. The summed E-state index contributed by atoms with van der Waals surface area (Å²) in [5.41, 5.74) is 1.36. The number of nitrogens with zero attached hydrogens (tertiary/aromatic N) is 6. The summed E-state index contributed by atoms with van der Waals surface area (Å²) in [6.45, 7) is 0. The number of nitrogens with one attached hydrogen (secondary N) is 1. The molecule has 1 amide bonds. The fourth-order valence-corrected chi connectivity index (χ4v) is 3.47. The normalized spacial score (nSPS) is 13.9. The molecule has 140 valence electrons. The van der Waals surface area contributed by atoms with E-state index >= 15 is 0 Å². The van der Waals surface area contributed by atoms with Crippen LogP contribution in [0.25, 0.3) is 16.6 Å². The van der Waals surface area contributed by atoms with Gasteiger partial charge in [-0.25, -0.2) is 4.98 Å². The molecule has 1 aliphatic rings. The van der Waals surface area contributed by atoms with Gasteiger partial charge in [0.1, 0.15) is 17.8 Å². The molecule has 1 saturated carbocycles. The van der Waals surface area contributed by atoms with E-state index in [0.29, 0.717) is 16.9 Å². The first kappa shape index (κ1) is 17.0. The van der Waals surface area contributed by atoms with Crippen molar-refractivity contribution in [1.29, 1.82) is 0 Å². The molecule has 0 spiro atoms. The van der Waals surface area contributed by atoms with Crippen LogP contribution in [0.3, 0.4) is 0 Å². The molecule has 3 aromatic heterocycles. The van der Waals surface area contributed by atoms with Gasteiger partial charge in [0.05, 0.1) is 30.4 Å². The van der Waals surface area contributed by atoms with E-state index in [2.05, 4.69) is 41.5 Å². The van der Waals surface area contributed by atoms with Crippen molar-refractivity contribution < 1.29 is 4.79 Å². The third-order valence-corrected chi connectivity index (χ3v) is 5.10. The third-order valence-electron chi connectivity index (χ3n) is 4.61. The van der Waals surface area contributed by atoms with Gasteiger partial charge in [0.15, 0.2) is 5.65 Å². The van der Waals surface area contributed by atoms with Gasteiger partial charge in [-0.05, 0) is 31.0 Å². The van der Waals surface area contributed by atoms with Crippen molar-refractivity contribution in [3.8, 4) is 0 Å². The van der Waals surface area contributed by atoms with Gasteiger partial charge in [-0.1, -0.05) is 15.9 Å². The van der Waals surface area contributed by atoms with Gasteiger partial charge >= 0.3 is 0 Å². The Kier molecular flexibility index (Phi) is 3.93. The number of halogens is 1. The molecular formula is C18H14BrN7O2. The van der Waals surface area contributed by atoms with Crippen molar-refractivity contribution in [3.05, 3.63) is 57.3 Å². The standard InChI is InChI=1S/C18H14BrN7O2/c19-10-1-4-12-14(5-10)26(11-2-3-11)24-13(18(12)28)6-17(27)22-15-8-25-9-21-23-16(25)7-20-15/h1,4-5,7-9,11H,2-3,6H2,(H,22,27). The quantitative estimate of drug-likeness (QED) is 0.521. The molecule has 0 saturated heterocycles. The molecular weight excluding hydrogens is 426 g/mol. The van der Waals surface area contributed by atoms with E-state index in [4.69, 9.17) is 0 Å². The van der Waals surface area contributed by atoms with Crippen molar-refractivity contribution in [1.82, 2.24) is 29.4 Å². The Labute approximate surface area is 166 Å². The van der Waals surface area contributed by atoms with E-state index in [1.165, 1.54) is 12.5 Å². The van der Waals surface area contributed by atoms with Crippen LogP contribution in [0.5, 0.6) is 0 Å². The first-order valence-corrected chi connectivity index (χ1v) is 9.54. The summed E-state index contributed by atoms with van der Waals surface area (Å²) in [6, 6.07) is 5.76. The summed E-state index contributed by atoms with van der Waals surface area (Å²) >= 11 is 3.45. The molecule has 1 fully saturated rings. The highest BCUT2D eigenvalue weighted by Crippen LogP contribution is 2.36. The zero-order valence-electron chi connectivity index (χ0n) is 14.5. The topological polar surface area (TPSA) is 107 Å². The summed E-state index contributed by atoms with van der Waals surface area (Å²) < 4.78 is 4.40. The number of carbonyl (C=O) groups excluding carboxylic acids is 1. The third kappa shape index (κ3) is 3.05. The molecule has 9 nitrogen and oxygen atoms in total. The van der Waals surface area contributed by atoms with Crippen LogP contribution in [0.2, 0.25) is 0 Å². The maximum absolute atomic E-state index is 12.9. The minimum atomic E-state index is -0.358. The van der Waals surface area contributed by atoms with Crippen molar-refractivity contribution in [2.24, 2.45) is 0 Å². The number of anilines is 1. The lowest BCUT2D eigenvalue weighted by atomic mass is 10.1. The number of rotatable bonds is 4. The monoisotopic (exact) mass is 439 g/mol. The average Bonchev–Trinajstić information content (AvgIpc) is 3.41. The number of fused-ring (bicyclic) bond motifs is 2. The first-order valence-electron chi connectivity index (χ1n) is 8.75. The van der Waals surface area contributed by atoms with Crippen LogP contribution in [0, 0.1) is 0 Å². The highest BCUT2D eigenvalue weighted by Gasteiger charge is 2.27. The number of benzene rings is 1. The molecule has 0 bridgehead atoms. The molecule has 1 N–H and O–H groups in total. The van der Waals surface area contributed by atoms with Crippen LogP contribution in [0.4, 0.5) is 5.82 Å². The average molecular weight is 440 g/mol. The van der Waals surface area contributed by atoms with Gasteiger partial charge in [0.25, 0.3) is 0 Å². The largest absolute Gasteiger partial charge is 0.309 e. The molecule has 0 aliphatic heterocycles. The highest BCUT2D eigenvalue weighted by atomic mass is 79.9. The second-order valence-corrected chi connectivity index (χ2v) is 7.62. The van der Waals surface area contributed by atoms with Crippen molar-refractivity contribution in [3.63, 3.8) is 0 Å². The number of carbonyl (C=O) groups is 1. The number of amides is 1. The molecule has 10 heteroatoms. The fraction of sp³-hybridized carbons (Fsp3) is 0.222. The first-order chi connectivity index (χ1) is 13.6. The predicted molar refractivity (Wildman–Crippen MR) is 105 cm³/mol. The Bertz CT molecular complexity index is 1290. The van der Waals surface area contributed by atoms with Crippen LogP contribution in [0.15, 0.2) is 46.2 Å². The van der Waals surface area contributed by atoms with E-state index in [0.717, 1.165) is 22.8 Å². The summed E-state index contributed by atoms with van der Waals surface area (Å²) in [5, 5.41) is 15.4. The van der Waals surface area contributed by atoms with Gasteiger partial charge in [-0.2, -0.15) is 5.10 Å². The molecule has 3 heterocycles. The minimum absolute atomic E-state index is 0.126. The molecule has 1 aliphatic carbocycles. The summed E-state index contributed by atoms with van der Waals surface area (Å²) in [5.74, 6) is -0.00660. The Hall–Kier alpha value is -3.14. The number of hydrogen-bond acceptors (Lipinski definition) is 6. The van der Waals surface area contributed by atoms with Crippen LogP contribution in [-0.4, -0.2) is 35.3 Å². The zero-order valence-corrected chi connectivity index (χ0v) is 16.1. The van der Waals surface area contributed by atoms with Crippen LogP contribution >= 0.6 is 15.9 Å². The van der Waals surface area contributed by atoms with E-state index in [-0.39, 0.29) is 29.5 Å². The van der Waals surface area contributed by atoms with E-state index in [9.17, 15) is 9.59 Å². The lowest BCUT2D eigenvalue weighted by Gasteiger charge is -2.12. The van der Waals surface area contributed by atoms with Gasteiger partial charge in [-0.3, -0.25) is 18.7 Å². The second-order valence-electron chi connectivity index (χ2n) is 6.71.